The Morgan fingerprint density at radius 2 is 2.23 bits per heavy atom. The first-order chi connectivity index (χ1) is 10.7. The lowest BCUT2D eigenvalue weighted by Gasteiger charge is -2.32. The third kappa shape index (κ3) is 3.95. The maximum absolute atomic E-state index is 13.7. The Morgan fingerprint density at radius 1 is 1.36 bits per heavy atom. The van der Waals surface area contributed by atoms with E-state index in [-0.39, 0.29) is 5.82 Å². The van der Waals surface area contributed by atoms with Crippen molar-refractivity contribution in [3.63, 3.8) is 0 Å². The highest BCUT2D eigenvalue weighted by Gasteiger charge is 2.20. The lowest BCUT2D eigenvalue weighted by atomic mass is 9.91. The summed E-state index contributed by atoms with van der Waals surface area (Å²) in [4.78, 5) is 10.1. The average Bonchev–Trinajstić information content (AvgIpc) is 2.92. The van der Waals surface area contributed by atoms with Gasteiger partial charge in [0.05, 0.1) is 0 Å². The largest absolute Gasteiger partial charge is 0.345 e. The van der Waals surface area contributed by atoms with Crippen molar-refractivity contribution in [2.75, 3.05) is 13.1 Å². The highest BCUT2D eigenvalue weighted by molar-refractivity contribution is 5.17. The van der Waals surface area contributed by atoms with E-state index in [0.717, 1.165) is 43.9 Å². The van der Waals surface area contributed by atoms with Gasteiger partial charge in [-0.3, -0.25) is 4.90 Å². The van der Waals surface area contributed by atoms with Crippen molar-refractivity contribution in [1.29, 1.82) is 0 Å². The van der Waals surface area contributed by atoms with E-state index in [2.05, 4.69) is 14.9 Å². The van der Waals surface area contributed by atoms with Crippen molar-refractivity contribution >= 4 is 0 Å². The highest BCUT2D eigenvalue weighted by atomic mass is 19.1. The first kappa shape index (κ1) is 15.2. The second-order valence-corrected chi connectivity index (χ2v) is 6.37. The van der Waals surface area contributed by atoms with E-state index in [1.807, 2.05) is 25.3 Å². The van der Waals surface area contributed by atoms with Gasteiger partial charge in [-0.25, -0.2) is 9.37 Å². The summed E-state index contributed by atoms with van der Waals surface area (Å²) in [5.41, 5.74) is 2.04. The standard InChI is InChI=1S/C18H24FN3/c1-14-20-11-17(21-14)13-22-10-4-5-15(12-22)8-9-16-6-2-3-7-18(16)19/h2-3,6-7,11,15H,4-5,8-10,12-13H2,1H3,(H,20,21)/t15-/m0/s1. The molecule has 22 heavy (non-hydrogen) atoms. The van der Waals surface area contributed by atoms with Crippen LogP contribution in [0.4, 0.5) is 4.39 Å². The number of H-pyrrole nitrogens is 1. The zero-order valence-electron chi connectivity index (χ0n) is 13.2. The first-order valence-corrected chi connectivity index (χ1v) is 8.17. The summed E-state index contributed by atoms with van der Waals surface area (Å²) < 4.78 is 13.7. The summed E-state index contributed by atoms with van der Waals surface area (Å²) in [7, 11) is 0. The number of likely N-dealkylation sites (tertiary alicyclic amines) is 1. The summed E-state index contributed by atoms with van der Waals surface area (Å²) >= 11 is 0. The van der Waals surface area contributed by atoms with E-state index < -0.39 is 0 Å². The number of rotatable bonds is 5. The number of halogens is 1. The van der Waals surface area contributed by atoms with Crippen LogP contribution >= 0.6 is 0 Å². The minimum absolute atomic E-state index is 0.0666. The van der Waals surface area contributed by atoms with Gasteiger partial charge in [-0.15, -0.1) is 0 Å². The minimum Gasteiger partial charge on any atom is -0.345 e. The second kappa shape index (κ2) is 7.05. The van der Waals surface area contributed by atoms with E-state index in [9.17, 15) is 4.39 Å². The van der Waals surface area contributed by atoms with Crippen molar-refractivity contribution in [1.82, 2.24) is 14.9 Å². The molecule has 1 aliphatic heterocycles. The SMILES string of the molecule is Cc1ncc(CN2CCC[C@@H](CCc3ccccc3F)C2)[nH]1. The molecule has 0 spiro atoms. The van der Waals surface area contributed by atoms with E-state index >= 15 is 0 Å². The maximum atomic E-state index is 13.7. The highest BCUT2D eigenvalue weighted by Crippen LogP contribution is 2.23. The molecule has 3 rings (SSSR count). The van der Waals surface area contributed by atoms with E-state index in [1.54, 1.807) is 12.1 Å². The van der Waals surface area contributed by atoms with Gasteiger partial charge < -0.3 is 4.98 Å². The smallest absolute Gasteiger partial charge is 0.126 e. The number of aromatic nitrogens is 2. The molecule has 118 valence electrons. The number of hydrogen-bond donors (Lipinski definition) is 1. The van der Waals surface area contributed by atoms with Crippen molar-refractivity contribution in [2.45, 2.75) is 39.2 Å². The molecule has 0 bridgehead atoms. The zero-order valence-corrected chi connectivity index (χ0v) is 13.2. The van der Waals surface area contributed by atoms with Crippen LogP contribution in [-0.2, 0) is 13.0 Å². The third-order valence-corrected chi connectivity index (χ3v) is 4.53. The Labute approximate surface area is 131 Å². The summed E-state index contributed by atoms with van der Waals surface area (Å²) in [6.07, 6.45) is 6.33. The molecule has 1 aromatic heterocycles. The molecule has 3 nitrogen and oxygen atoms in total. The lowest BCUT2D eigenvalue weighted by molar-refractivity contribution is 0.160. The molecular formula is C18H24FN3. The number of nitrogens with one attached hydrogen (secondary N) is 1. The number of imidazole rings is 1. The van der Waals surface area contributed by atoms with Gasteiger partial charge in [0, 0.05) is 25.0 Å². The van der Waals surface area contributed by atoms with Crippen LogP contribution in [0.15, 0.2) is 30.5 Å². The Hall–Kier alpha value is -1.68. The number of piperidine rings is 1. The van der Waals surface area contributed by atoms with Crippen molar-refractivity contribution in [3.05, 3.63) is 53.4 Å². The summed E-state index contributed by atoms with van der Waals surface area (Å²) in [6.45, 7) is 5.18. The molecule has 0 amide bonds. The van der Waals surface area contributed by atoms with Crippen molar-refractivity contribution in [3.8, 4) is 0 Å². The number of aryl methyl sites for hydroxylation is 2. The Morgan fingerprint density at radius 3 is 3.00 bits per heavy atom. The molecule has 1 fully saturated rings. The predicted octanol–water partition coefficient (Wildman–Crippen LogP) is 3.70. The molecule has 0 aliphatic carbocycles. The fraction of sp³-hybridized carbons (Fsp3) is 0.500. The maximum Gasteiger partial charge on any atom is 0.126 e. The van der Waals surface area contributed by atoms with Gasteiger partial charge in [0.2, 0.25) is 0 Å². The molecule has 1 aromatic carbocycles. The molecule has 0 radical (unpaired) electrons. The molecule has 2 heterocycles. The van der Waals surface area contributed by atoms with E-state index in [0.29, 0.717) is 5.92 Å². The van der Waals surface area contributed by atoms with E-state index in [4.69, 9.17) is 0 Å². The van der Waals surface area contributed by atoms with Crippen LogP contribution < -0.4 is 0 Å². The molecular weight excluding hydrogens is 277 g/mol. The Kier molecular flexibility index (Phi) is 4.88. The first-order valence-electron chi connectivity index (χ1n) is 8.17. The third-order valence-electron chi connectivity index (χ3n) is 4.53. The van der Waals surface area contributed by atoms with Crippen LogP contribution in [0.2, 0.25) is 0 Å². The molecule has 2 aromatic rings. The Balaban J connectivity index is 1.51. The second-order valence-electron chi connectivity index (χ2n) is 6.37. The minimum atomic E-state index is -0.0666. The van der Waals surface area contributed by atoms with Crippen LogP contribution in [0.25, 0.3) is 0 Å². The number of benzene rings is 1. The predicted molar refractivity (Wildman–Crippen MR) is 86.0 cm³/mol. The van der Waals surface area contributed by atoms with Gasteiger partial charge in [-0.05, 0) is 56.7 Å². The molecule has 0 saturated carbocycles. The zero-order chi connectivity index (χ0) is 15.4. The number of aromatic amines is 1. The summed E-state index contributed by atoms with van der Waals surface area (Å²) in [5, 5.41) is 0. The fourth-order valence-electron chi connectivity index (χ4n) is 3.38. The van der Waals surface area contributed by atoms with Gasteiger partial charge >= 0.3 is 0 Å². The normalized spacial score (nSPS) is 19.5. The van der Waals surface area contributed by atoms with Gasteiger partial charge in [-0.1, -0.05) is 18.2 Å². The lowest BCUT2D eigenvalue weighted by Crippen LogP contribution is -2.35. The Bertz CT molecular complexity index is 608. The molecule has 1 saturated heterocycles. The van der Waals surface area contributed by atoms with Crippen molar-refractivity contribution < 1.29 is 4.39 Å². The topological polar surface area (TPSA) is 31.9 Å². The summed E-state index contributed by atoms with van der Waals surface area (Å²) in [6, 6.07) is 7.14. The average molecular weight is 301 g/mol. The molecule has 1 atom stereocenters. The molecule has 1 N–H and O–H groups in total. The van der Waals surface area contributed by atoms with Crippen LogP contribution in [0.3, 0.4) is 0 Å². The van der Waals surface area contributed by atoms with E-state index in [1.165, 1.54) is 18.5 Å². The number of nitrogens with zero attached hydrogens (tertiary/aromatic N) is 2. The van der Waals surface area contributed by atoms with Crippen molar-refractivity contribution in [2.24, 2.45) is 5.92 Å². The van der Waals surface area contributed by atoms with Gasteiger partial charge in [-0.2, -0.15) is 0 Å². The molecule has 0 unspecified atom stereocenters. The molecule has 4 heteroatoms. The van der Waals surface area contributed by atoms with Gasteiger partial charge in [0.1, 0.15) is 11.6 Å². The van der Waals surface area contributed by atoms with Gasteiger partial charge in [0.25, 0.3) is 0 Å². The quantitative estimate of drug-likeness (QED) is 0.913. The van der Waals surface area contributed by atoms with Gasteiger partial charge in [0.15, 0.2) is 0 Å². The van der Waals surface area contributed by atoms with Crippen LogP contribution in [0, 0.1) is 18.7 Å². The number of hydrogen-bond acceptors (Lipinski definition) is 2. The van der Waals surface area contributed by atoms with Crippen LogP contribution in [0.5, 0.6) is 0 Å². The monoisotopic (exact) mass is 301 g/mol. The summed E-state index contributed by atoms with van der Waals surface area (Å²) in [5.74, 6) is 1.57. The fourth-order valence-corrected chi connectivity index (χ4v) is 3.38. The van der Waals surface area contributed by atoms with Crippen LogP contribution in [0.1, 0.15) is 36.3 Å². The van der Waals surface area contributed by atoms with Crippen LogP contribution in [-0.4, -0.2) is 28.0 Å². The molecule has 1 aliphatic rings.